The van der Waals surface area contributed by atoms with E-state index in [-0.39, 0.29) is 29.3 Å². The molecule has 0 fully saturated rings. The predicted molar refractivity (Wildman–Crippen MR) is 93.5 cm³/mol. The normalized spacial score (nSPS) is 12.3. The van der Waals surface area contributed by atoms with Crippen molar-refractivity contribution in [2.24, 2.45) is 4.99 Å². The maximum absolute atomic E-state index is 12.4. The lowest BCUT2D eigenvalue weighted by Crippen LogP contribution is -2.20. The van der Waals surface area contributed by atoms with Crippen molar-refractivity contribution in [2.75, 3.05) is 6.61 Å². The number of aliphatic hydroxyl groups excluding tert-OH is 1. The molecule has 1 amide bonds. The molecular weight excluding hydrogens is 320 g/mol. The first-order chi connectivity index (χ1) is 12.0. The summed E-state index contributed by atoms with van der Waals surface area (Å²) in [6, 6.07) is 13.5. The molecule has 6 heteroatoms. The monoisotopic (exact) mass is 338 g/mol. The zero-order chi connectivity index (χ0) is 18.2. The number of aliphatic imine (C=N–C) groups is 1. The summed E-state index contributed by atoms with van der Waals surface area (Å²) in [6.45, 7) is 3.13. The van der Waals surface area contributed by atoms with E-state index in [1.807, 2.05) is 0 Å². The smallest absolute Gasteiger partial charge is 0.343 e. The van der Waals surface area contributed by atoms with Crippen LogP contribution in [0.4, 0.5) is 0 Å². The molecule has 0 aliphatic rings. The molecule has 2 rings (SSSR count). The summed E-state index contributed by atoms with van der Waals surface area (Å²) in [5.74, 6) is -1.66. The minimum absolute atomic E-state index is 0.0368. The molecule has 0 bridgehead atoms. The van der Waals surface area contributed by atoms with E-state index in [9.17, 15) is 14.7 Å². The van der Waals surface area contributed by atoms with Crippen molar-refractivity contribution in [3.05, 3.63) is 77.3 Å². The van der Waals surface area contributed by atoms with Crippen LogP contribution < -0.4 is 0 Å². The SMILES string of the molecule is CCOC(=O)/C(C(=NC(=O)c1ccccn1)c1ccccc1)=C(\C)O. The summed E-state index contributed by atoms with van der Waals surface area (Å²) >= 11 is 0. The van der Waals surface area contributed by atoms with Crippen LogP contribution in [0.15, 0.2) is 71.1 Å². The van der Waals surface area contributed by atoms with Gasteiger partial charge in [0.25, 0.3) is 5.91 Å². The van der Waals surface area contributed by atoms with Gasteiger partial charge in [0, 0.05) is 11.8 Å². The van der Waals surface area contributed by atoms with Crippen molar-refractivity contribution < 1.29 is 19.4 Å². The standard InChI is InChI=1S/C19H18N2O4/c1-3-25-19(24)16(13(2)22)17(14-9-5-4-6-10-14)21-18(23)15-11-7-8-12-20-15/h4-12,22H,3H2,1-2H3/b16-13+,21-17?. The van der Waals surface area contributed by atoms with Crippen LogP contribution in [0.5, 0.6) is 0 Å². The van der Waals surface area contributed by atoms with E-state index in [1.165, 1.54) is 19.2 Å². The molecule has 25 heavy (non-hydrogen) atoms. The largest absolute Gasteiger partial charge is 0.512 e. The van der Waals surface area contributed by atoms with Crippen molar-refractivity contribution in [3.8, 4) is 0 Å². The molecule has 0 aliphatic carbocycles. The Balaban J connectivity index is 2.58. The number of aromatic nitrogens is 1. The van der Waals surface area contributed by atoms with Gasteiger partial charge in [0.15, 0.2) is 0 Å². The number of esters is 1. The number of hydrogen-bond acceptors (Lipinski definition) is 5. The zero-order valence-corrected chi connectivity index (χ0v) is 14.0. The fraction of sp³-hybridized carbons (Fsp3) is 0.158. The van der Waals surface area contributed by atoms with E-state index >= 15 is 0 Å². The van der Waals surface area contributed by atoms with Crippen molar-refractivity contribution in [2.45, 2.75) is 13.8 Å². The van der Waals surface area contributed by atoms with E-state index in [1.54, 1.807) is 49.4 Å². The quantitative estimate of drug-likeness (QED) is 0.392. The summed E-state index contributed by atoms with van der Waals surface area (Å²) in [5, 5.41) is 10.00. The van der Waals surface area contributed by atoms with E-state index in [0.717, 1.165) is 0 Å². The molecule has 1 aromatic heterocycles. The topological polar surface area (TPSA) is 88.9 Å². The summed E-state index contributed by atoms with van der Waals surface area (Å²) < 4.78 is 4.99. The third-order valence-electron chi connectivity index (χ3n) is 3.22. The van der Waals surface area contributed by atoms with Gasteiger partial charge in [0.05, 0.1) is 12.3 Å². The molecule has 1 N–H and O–H groups in total. The molecule has 0 saturated heterocycles. The van der Waals surface area contributed by atoms with Gasteiger partial charge in [-0.2, -0.15) is 0 Å². The highest BCUT2D eigenvalue weighted by Crippen LogP contribution is 2.16. The first-order valence-electron chi connectivity index (χ1n) is 7.71. The Bertz CT molecular complexity index is 808. The van der Waals surface area contributed by atoms with Gasteiger partial charge >= 0.3 is 5.97 Å². The van der Waals surface area contributed by atoms with Crippen LogP contribution in [0.25, 0.3) is 0 Å². The lowest BCUT2D eigenvalue weighted by atomic mass is 10.0. The molecule has 0 spiro atoms. The van der Waals surface area contributed by atoms with Crippen LogP contribution in [0.1, 0.15) is 29.9 Å². The van der Waals surface area contributed by atoms with Gasteiger partial charge in [-0.15, -0.1) is 0 Å². The van der Waals surface area contributed by atoms with Gasteiger partial charge in [-0.3, -0.25) is 9.78 Å². The van der Waals surface area contributed by atoms with Crippen molar-refractivity contribution in [3.63, 3.8) is 0 Å². The number of ether oxygens (including phenoxy) is 1. The minimum atomic E-state index is -0.751. The van der Waals surface area contributed by atoms with Gasteiger partial charge in [0.1, 0.15) is 17.0 Å². The molecule has 128 valence electrons. The number of nitrogens with zero attached hydrogens (tertiary/aromatic N) is 2. The van der Waals surface area contributed by atoms with Crippen LogP contribution in [-0.4, -0.2) is 34.3 Å². The number of hydrogen-bond donors (Lipinski definition) is 1. The number of benzene rings is 1. The molecule has 0 radical (unpaired) electrons. The number of carbonyl (C=O) groups is 2. The lowest BCUT2D eigenvalue weighted by molar-refractivity contribution is -0.138. The van der Waals surface area contributed by atoms with Gasteiger partial charge in [-0.1, -0.05) is 36.4 Å². The Hall–Kier alpha value is -3.28. The third kappa shape index (κ3) is 4.60. The Morgan fingerprint density at radius 1 is 1.12 bits per heavy atom. The summed E-state index contributed by atoms with van der Waals surface area (Å²) in [6.07, 6.45) is 1.48. The number of amides is 1. The highest BCUT2D eigenvalue weighted by Gasteiger charge is 2.24. The molecule has 1 heterocycles. The van der Waals surface area contributed by atoms with Crippen LogP contribution in [0.2, 0.25) is 0 Å². The molecular formula is C19H18N2O4. The second kappa shape index (κ2) is 8.54. The van der Waals surface area contributed by atoms with E-state index in [0.29, 0.717) is 5.56 Å². The summed E-state index contributed by atoms with van der Waals surface area (Å²) in [4.78, 5) is 32.7. The van der Waals surface area contributed by atoms with Crippen molar-refractivity contribution >= 4 is 17.6 Å². The average Bonchev–Trinajstić information content (AvgIpc) is 2.62. The molecule has 0 atom stereocenters. The van der Waals surface area contributed by atoms with Gasteiger partial charge in [-0.05, 0) is 26.0 Å². The Morgan fingerprint density at radius 2 is 1.80 bits per heavy atom. The van der Waals surface area contributed by atoms with Gasteiger partial charge < -0.3 is 9.84 Å². The second-order valence-corrected chi connectivity index (χ2v) is 5.03. The zero-order valence-electron chi connectivity index (χ0n) is 14.0. The number of aliphatic hydroxyl groups is 1. The average molecular weight is 338 g/mol. The first-order valence-corrected chi connectivity index (χ1v) is 7.71. The summed E-state index contributed by atoms with van der Waals surface area (Å²) in [7, 11) is 0. The number of carbonyl (C=O) groups excluding carboxylic acids is 2. The Labute approximate surface area is 145 Å². The van der Waals surface area contributed by atoms with Gasteiger partial charge in [-0.25, -0.2) is 9.79 Å². The van der Waals surface area contributed by atoms with Crippen molar-refractivity contribution in [1.29, 1.82) is 0 Å². The van der Waals surface area contributed by atoms with Crippen LogP contribution >= 0.6 is 0 Å². The van der Waals surface area contributed by atoms with E-state index in [4.69, 9.17) is 4.74 Å². The number of allylic oxidation sites excluding steroid dienone is 1. The first kappa shape index (κ1) is 18.1. The highest BCUT2D eigenvalue weighted by molar-refractivity contribution is 6.29. The molecule has 0 saturated carbocycles. The van der Waals surface area contributed by atoms with Crippen LogP contribution in [-0.2, 0) is 9.53 Å². The van der Waals surface area contributed by atoms with Crippen molar-refractivity contribution in [1.82, 2.24) is 4.98 Å². The Morgan fingerprint density at radius 3 is 2.36 bits per heavy atom. The van der Waals surface area contributed by atoms with E-state index in [2.05, 4.69) is 9.98 Å². The minimum Gasteiger partial charge on any atom is -0.512 e. The maximum atomic E-state index is 12.4. The van der Waals surface area contributed by atoms with Crippen LogP contribution in [0, 0.1) is 0 Å². The molecule has 6 nitrogen and oxygen atoms in total. The van der Waals surface area contributed by atoms with E-state index < -0.39 is 11.9 Å². The molecule has 0 aliphatic heterocycles. The highest BCUT2D eigenvalue weighted by atomic mass is 16.5. The number of rotatable bonds is 5. The molecule has 0 unspecified atom stereocenters. The fourth-order valence-electron chi connectivity index (χ4n) is 2.13. The number of pyridine rings is 1. The third-order valence-corrected chi connectivity index (χ3v) is 3.22. The second-order valence-electron chi connectivity index (χ2n) is 5.03. The predicted octanol–water partition coefficient (Wildman–Crippen LogP) is 3.11. The fourth-order valence-corrected chi connectivity index (χ4v) is 2.13. The van der Waals surface area contributed by atoms with Gasteiger partial charge in [0.2, 0.25) is 0 Å². The lowest BCUT2D eigenvalue weighted by Gasteiger charge is -2.11. The Kier molecular flexibility index (Phi) is 6.17. The maximum Gasteiger partial charge on any atom is 0.343 e. The summed E-state index contributed by atoms with van der Waals surface area (Å²) in [5.41, 5.74) is 0.519. The molecule has 2 aromatic rings. The van der Waals surface area contributed by atoms with Crippen LogP contribution in [0.3, 0.4) is 0 Å². The molecule has 1 aromatic carbocycles.